The Morgan fingerprint density at radius 2 is 1.82 bits per heavy atom. The van der Waals surface area contributed by atoms with Crippen LogP contribution in [0.2, 0.25) is 0 Å². The Balaban J connectivity index is 1.39. The molecule has 2 aliphatic rings. The van der Waals surface area contributed by atoms with Gasteiger partial charge in [0, 0.05) is 57.4 Å². The van der Waals surface area contributed by atoms with Crippen LogP contribution in [0, 0.1) is 6.92 Å². The van der Waals surface area contributed by atoms with Gasteiger partial charge in [0.05, 0.1) is 18.8 Å². The van der Waals surface area contributed by atoms with E-state index in [0.717, 1.165) is 63.8 Å². The van der Waals surface area contributed by atoms with Gasteiger partial charge in [-0.05, 0) is 39.2 Å². The highest BCUT2D eigenvalue weighted by molar-refractivity contribution is 5.16. The summed E-state index contributed by atoms with van der Waals surface area (Å²) in [6, 6.07) is 0. The molecule has 8 heteroatoms. The molecule has 4 rings (SSSR count). The minimum atomic E-state index is -0.136. The number of aliphatic hydroxyl groups excluding tert-OH is 1. The number of aryl methyl sites for hydroxylation is 1. The fourth-order valence-electron chi connectivity index (χ4n) is 4.50. The monoisotopic (exact) mass is 387 g/mol. The van der Waals surface area contributed by atoms with Crippen LogP contribution in [0.1, 0.15) is 54.5 Å². The van der Waals surface area contributed by atoms with Crippen molar-refractivity contribution in [2.75, 3.05) is 26.2 Å². The zero-order valence-corrected chi connectivity index (χ0v) is 17.4. The third-order valence-electron chi connectivity index (χ3n) is 6.52. The second kappa shape index (κ2) is 8.31. The van der Waals surface area contributed by atoms with Crippen LogP contribution in [-0.4, -0.2) is 71.7 Å². The van der Waals surface area contributed by atoms with Gasteiger partial charge < -0.3 is 9.67 Å². The van der Waals surface area contributed by atoms with Gasteiger partial charge in [0.1, 0.15) is 11.6 Å². The van der Waals surface area contributed by atoms with Crippen molar-refractivity contribution < 1.29 is 5.11 Å². The Kier molecular flexibility index (Phi) is 5.80. The van der Waals surface area contributed by atoms with Crippen LogP contribution in [0.15, 0.2) is 6.20 Å². The van der Waals surface area contributed by atoms with Crippen molar-refractivity contribution in [2.24, 2.45) is 14.1 Å². The first-order valence-electron chi connectivity index (χ1n) is 10.5. The van der Waals surface area contributed by atoms with Crippen molar-refractivity contribution in [1.29, 1.82) is 0 Å². The first-order valence-corrected chi connectivity index (χ1v) is 10.5. The molecule has 4 heterocycles. The minimum absolute atomic E-state index is 0.136. The zero-order chi connectivity index (χ0) is 19.7. The van der Waals surface area contributed by atoms with Gasteiger partial charge in [-0.15, -0.1) is 10.2 Å². The first kappa shape index (κ1) is 19.5. The normalized spacial score (nSPS) is 22.8. The number of aromatic nitrogens is 5. The van der Waals surface area contributed by atoms with Gasteiger partial charge in [0.15, 0.2) is 0 Å². The predicted molar refractivity (Wildman–Crippen MR) is 107 cm³/mol. The molecule has 2 aromatic rings. The molecule has 0 spiro atoms. The number of nitrogens with zero attached hydrogens (tertiary/aromatic N) is 7. The summed E-state index contributed by atoms with van der Waals surface area (Å²) in [6.45, 7) is 7.94. The summed E-state index contributed by atoms with van der Waals surface area (Å²) < 4.78 is 4.15. The number of hydrogen-bond donors (Lipinski definition) is 1. The lowest BCUT2D eigenvalue weighted by Crippen LogP contribution is -2.36. The molecular formula is C20H33N7O. The summed E-state index contributed by atoms with van der Waals surface area (Å²) in [6.07, 6.45) is 5.93. The molecular weight excluding hydrogens is 354 g/mol. The third-order valence-corrected chi connectivity index (χ3v) is 6.52. The van der Waals surface area contributed by atoms with E-state index in [9.17, 15) is 5.11 Å². The Morgan fingerprint density at radius 3 is 2.54 bits per heavy atom. The molecule has 0 unspecified atom stereocenters. The second-order valence-electron chi connectivity index (χ2n) is 8.49. The van der Waals surface area contributed by atoms with Crippen molar-refractivity contribution in [3.8, 4) is 0 Å². The number of likely N-dealkylation sites (tertiary alicyclic amines) is 2. The first-order chi connectivity index (χ1) is 13.5. The molecule has 2 aromatic heterocycles. The predicted octanol–water partition coefficient (Wildman–Crippen LogP) is 1.19. The number of aliphatic hydroxyl groups is 1. The molecule has 0 aromatic carbocycles. The van der Waals surface area contributed by atoms with Gasteiger partial charge in [-0.3, -0.25) is 14.5 Å². The lowest BCUT2D eigenvalue weighted by molar-refractivity contribution is 0.0775. The Hall–Kier alpha value is -1.77. The summed E-state index contributed by atoms with van der Waals surface area (Å²) >= 11 is 0. The summed E-state index contributed by atoms with van der Waals surface area (Å²) in [4.78, 5) is 4.90. The molecule has 1 atom stereocenters. The molecule has 1 N–H and O–H groups in total. The Labute approximate surface area is 167 Å². The van der Waals surface area contributed by atoms with E-state index < -0.39 is 0 Å². The molecule has 0 aliphatic carbocycles. The van der Waals surface area contributed by atoms with E-state index >= 15 is 0 Å². The van der Waals surface area contributed by atoms with E-state index in [4.69, 9.17) is 0 Å². The highest BCUT2D eigenvalue weighted by Crippen LogP contribution is 2.27. The van der Waals surface area contributed by atoms with Crippen molar-refractivity contribution in [1.82, 2.24) is 34.3 Å². The third kappa shape index (κ3) is 4.14. The minimum Gasteiger partial charge on any atom is -0.393 e. The van der Waals surface area contributed by atoms with E-state index in [0.29, 0.717) is 5.92 Å². The van der Waals surface area contributed by atoms with Gasteiger partial charge >= 0.3 is 0 Å². The molecule has 28 heavy (non-hydrogen) atoms. The van der Waals surface area contributed by atoms with Crippen LogP contribution >= 0.6 is 0 Å². The van der Waals surface area contributed by atoms with E-state index in [1.807, 2.05) is 17.9 Å². The summed E-state index contributed by atoms with van der Waals surface area (Å²) in [5, 5.41) is 23.2. The van der Waals surface area contributed by atoms with Crippen LogP contribution < -0.4 is 0 Å². The fourth-order valence-corrected chi connectivity index (χ4v) is 4.50. The largest absolute Gasteiger partial charge is 0.393 e. The average Bonchev–Trinajstić information content (AvgIpc) is 3.21. The van der Waals surface area contributed by atoms with Crippen molar-refractivity contribution in [3.63, 3.8) is 0 Å². The molecule has 2 saturated heterocycles. The summed E-state index contributed by atoms with van der Waals surface area (Å²) in [7, 11) is 4.11. The van der Waals surface area contributed by atoms with Gasteiger partial charge in [-0.2, -0.15) is 5.10 Å². The highest BCUT2D eigenvalue weighted by Gasteiger charge is 2.27. The number of rotatable bonds is 5. The lowest BCUT2D eigenvalue weighted by Gasteiger charge is -2.32. The highest BCUT2D eigenvalue weighted by atomic mass is 16.3. The molecule has 8 nitrogen and oxygen atoms in total. The van der Waals surface area contributed by atoms with Crippen molar-refractivity contribution in [2.45, 2.75) is 57.7 Å². The summed E-state index contributed by atoms with van der Waals surface area (Å²) in [5.41, 5.74) is 2.56. The number of piperidine rings is 2. The standard InChI is InChI=1S/C20H33N7O/c1-15-17(11-21-25(15)3)13-27-8-4-5-16(12-27)20-23-22-19(24(20)2)14-26-9-6-18(28)7-10-26/h11,16,18,28H,4-10,12-14H2,1-3H3/t16-/m1/s1. The molecule has 2 aliphatic heterocycles. The second-order valence-corrected chi connectivity index (χ2v) is 8.49. The molecule has 0 amide bonds. The van der Waals surface area contributed by atoms with E-state index in [2.05, 4.69) is 43.6 Å². The molecule has 0 radical (unpaired) electrons. The Bertz CT molecular complexity index is 791. The lowest BCUT2D eigenvalue weighted by atomic mass is 9.96. The maximum Gasteiger partial charge on any atom is 0.146 e. The SMILES string of the molecule is Cc1c(CN2CCC[C@@H](c3nnc(CN4CCC(O)CC4)n3C)C2)cnn1C. The molecule has 2 fully saturated rings. The van der Waals surface area contributed by atoms with Crippen molar-refractivity contribution >= 4 is 0 Å². The van der Waals surface area contributed by atoms with E-state index in [1.54, 1.807) is 0 Å². The average molecular weight is 388 g/mol. The van der Waals surface area contributed by atoms with Gasteiger partial charge in [0.25, 0.3) is 0 Å². The summed E-state index contributed by atoms with van der Waals surface area (Å²) in [5.74, 6) is 2.58. The molecule has 0 saturated carbocycles. The van der Waals surface area contributed by atoms with Gasteiger partial charge in [-0.25, -0.2) is 0 Å². The smallest absolute Gasteiger partial charge is 0.146 e. The van der Waals surface area contributed by atoms with E-state index in [-0.39, 0.29) is 6.10 Å². The van der Waals surface area contributed by atoms with Crippen LogP contribution in [0.5, 0.6) is 0 Å². The van der Waals surface area contributed by atoms with Crippen molar-refractivity contribution in [3.05, 3.63) is 29.1 Å². The maximum absolute atomic E-state index is 9.70. The Morgan fingerprint density at radius 1 is 1.04 bits per heavy atom. The molecule has 154 valence electrons. The van der Waals surface area contributed by atoms with Crippen LogP contribution in [0.4, 0.5) is 0 Å². The van der Waals surface area contributed by atoms with Crippen LogP contribution in [-0.2, 0) is 27.2 Å². The fraction of sp³-hybridized carbons (Fsp3) is 0.750. The van der Waals surface area contributed by atoms with Gasteiger partial charge in [0.2, 0.25) is 0 Å². The topological polar surface area (TPSA) is 75.2 Å². The zero-order valence-electron chi connectivity index (χ0n) is 17.4. The molecule has 0 bridgehead atoms. The maximum atomic E-state index is 9.70. The van der Waals surface area contributed by atoms with Gasteiger partial charge in [-0.1, -0.05) is 0 Å². The number of hydrogen-bond acceptors (Lipinski definition) is 6. The quantitative estimate of drug-likeness (QED) is 0.831. The van der Waals surface area contributed by atoms with Crippen LogP contribution in [0.3, 0.4) is 0 Å². The van der Waals surface area contributed by atoms with Crippen LogP contribution in [0.25, 0.3) is 0 Å². The van der Waals surface area contributed by atoms with E-state index in [1.165, 1.54) is 24.1 Å².